The summed E-state index contributed by atoms with van der Waals surface area (Å²) in [6.07, 6.45) is -4.43. The Morgan fingerprint density at radius 2 is 1.57 bits per heavy atom. The highest BCUT2D eigenvalue weighted by molar-refractivity contribution is 4.95. The normalized spacial score (nSPS) is 24.9. The fourth-order valence-corrected chi connectivity index (χ4v) is 1.75. The summed E-state index contributed by atoms with van der Waals surface area (Å²) in [4.78, 5) is 0.782. The molecular formula is C8H12F5N. The molecule has 0 aliphatic carbocycles. The van der Waals surface area contributed by atoms with Crippen LogP contribution in [0.5, 0.6) is 0 Å². The molecule has 0 aromatic carbocycles. The van der Waals surface area contributed by atoms with Crippen LogP contribution in [0, 0.1) is 5.92 Å². The lowest BCUT2D eigenvalue weighted by atomic mass is 9.97. The van der Waals surface area contributed by atoms with Crippen LogP contribution in [0.25, 0.3) is 0 Å². The first-order valence-corrected chi connectivity index (χ1v) is 4.32. The number of alkyl halides is 5. The molecule has 14 heavy (non-hydrogen) atoms. The Balaban J connectivity index is 2.64. The van der Waals surface area contributed by atoms with E-state index in [1.165, 1.54) is 13.8 Å². The fraction of sp³-hybridized carbons (Fsp3) is 1.00. The van der Waals surface area contributed by atoms with Gasteiger partial charge < -0.3 is 0 Å². The second-order valence-electron chi connectivity index (χ2n) is 3.99. The maximum Gasteiger partial charge on any atom is 0.404 e. The monoisotopic (exact) mass is 217 g/mol. The van der Waals surface area contributed by atoms with Gasteiger partial charge in [-0.2, -0.15) is 13.2 Å². The van der Waals surface area contributed by atoms with E-state index < -0.39 is 37.1 Å². The highest BCUT2D eigenvalue weighted by Crippen LogP contribution is 2.37. The van der Waals surface area contributed by atoms with Crippen LogP contribution >= 0.6 is 0 Å². The third-order valence-corrected chi connectivity index (χ3v) is 2.23. The predicted molar refractivity (Wildman–Crippen MR) is 41.2 cm³/mol. The molecule has 84 valence electrons. The molecule has 1 saturated heterocycles. The first-order chi connectivity index (χ1) is 6.13. The summed E-state index contributed by atoms with van der Waals surface area (Å²) < 4.78 is 62.0. The maximum absolute atomic E-state index is 12.4. The summed E-state index contributed by atoms with van der Waals surface area (Å²) in [6, 6.07) is -1.75. The van der Waals surface area contributed by atoms with Crippen LogP contribution in [0.15, 0.2) is 0 Å². The van der Waals surface area contributed by atoms with Crippen molar-refractivity contribution < 1.29 is 22.0 Å². The zero-order valence-corrected chi connectivity index (χ0v) is 7.91. The molecule has 0 spiro atoms. The minimum atomic E-state index is -4.43. The molecule has 0 amide bonds. The highest BCUT2D eigenvalue weighted by Gasteiger charge is 2.55. The Hall–Kier alpha value is -0.390. The molecule has 1 rings (SSSR count). The SMILES string of the molecule is CC(C)C(N1CC(F)(F)C1)C(F)(F)F. The second-order valence-corrected chi connectivity index (χ2v) is 3.99. The van der Waals surface area contributed by atoms with E-state index in [0.717, 1.165) is 4.90 Å². The third-order valence-electron chi connectivity index (χ3n) is 2.23. The molecule has 1 aliphatic heterocycles. The van der Waals surface area contributed by atoms with Gasteiger partial charge in [-0.05, 0) is 5.92 Å². The zero-order chi connectivity index (χ0) is 11.1. The van der Waals surface area contributed by atoms with Gasteiger partial charge in [0.1, 0.15) is 6.04 Å². The van der Waals surface area contributed by atoms with Gasteiger partial charge in [0, 0.05) is 0 Å². The van der Waals surface area contributed by atoms with Gasteiger partial charge in [-0.3, -0.25) is 4.90 Å². The Kier molecular flexibility index (Phi) is 2.77. The molecule has 0 aromatic rings. The average molecular weight is 217 g/mol. The number of nitrogens with zero attached hydrogens (tertiary/aromatic N) is 1. The lowest BCUT2D eigenvalue weighted by molar-refractivity contribution is -0.242. The van der Waals surface area contributed by atoms with E-state index in [1.807, 2.05) is 0 Å². The molecule has 1 heterocycles. The summed E-state index contributed by atoms with van der Waals surface area (Å²) in [7, 11) is 0. The van der Waals surface area contributed by atoms with Gasteiger partial charge in [0.2, 0.25) is 0 Å². The van der Waals surface area contributed by atoms with E-state index in [4.69, 9.17) is 0 Å². The Labute approximate surface area is 78.9 Å². The summed E-state index contributed by atoms with van der Waals surface area (Å²) in [5.74, 6) is -3.65. The number of likely N-dealkylation sites (tertiary alicyclic amines) is 1. The fourth-order valence-electron chi connectivity index (χ4n) is 1.75. The smallest absolute Gasteiger partial charge is 0.280 e. The summed E-state index contributed by atoms with van der Waals surface area (Å²) in [5, 5.41) is 0. The molecular weight excluding hydrogens is 205 g/mol. The molecule has 6 heteroatoms. The Bertz CT molecular complexity index is 202. The number of rotatable bonds is 2. The third kappa shape index (κ3) is 2.34. The molecule has 0 bridgehead atoms. The largest absolute Gasteiger partial charge is 0.404 e. The van der Waals surface area contributed by atoms with Crippen molar-refractivity contribution in [1.82, 2.24) is 4.90 Å². The van der Waals surface area contributed by atoms with Crippen molar-refractivity contribution >= 4 is 0 Å². The standard InChI is InChI=1S/C8H12F5N/c1-5(2)6(8(11,12)13)14-3-7(9,10)4-14/h5-6H,3-4H2,1-2H3. The first kappa shape index (κ1) is 11.7. The lowest BCUT2D eigenvalue weighted by Gasteiger charge is -2.45. The van der Waals surface area contributed by atoms with Crippen LogP contribution in [0.1, 0.15) is 13.8 Å². The van der Waals surface area contributed by atoms with Crippen molar-refractivity contribution in [2.45, 2.75) is 32.0 Å². The average Bonchev–Trinajstić information content (AvgIpc) is 1.77. The topological polar surface area (TPSA) is 3.24 Å². The Morgan fingerprint density at radius 1 is 1.14 bits per heavy atom. The summed E-state index contributed by atoms with van der Waals surface area (Å²) >= 11 is 0. The Morgan fingerprint density at radius 3 is 1.79 bits per heavy atom. The number of halogens is 5. The van der Waals surface area contributed by atoms with Crippen LogP contribution in [-0.4, -0.2) is 36.1 Å². The van der Waals surface area contributed by atoms with Crippen LogP contribution in [0.4, 0.5) is 22.0 Å². The van der Waals surface area contributed by atoms with E-state index >= 15 is 0 Å². The second kappa shape index (κ2) is 3.32. The van der Waals surface area contributed by atoms with Crippen LogP contribution in [0.2, 0.25) is 0 Å². The molecule has 1 aliphatic rings. The molecule has 1 unspecified atom stereocenters. The molecule has 0 aromatic heterocycles. The maximum atomic E-state index is 12.4. The predicted octanol–water partition coefficient (Wildman–Crippen LogP) is 2.52. The van der Waals surface area contributed by atoms with Gasteiger partial charge in [0.25, 0.3) is 5.92 Å². The van der Waals surface area contributed by atoms with Crippen molar-refractivity contribution in [2.24, 2.45) is 5.92 Å². The number of hydrogen-bond acceptors (Lipinski definition) is 1. The van der Waals surface area contributed by atoms with Crippen molar-refractivity contribution in [1.29, 1.82) is 0 Å². The van der Waals surface area contributed by atoms with Gasteiger partial charge in [0.15, 0.2) is 0 Å². The molecule has 1 fully saturated rings. The van der Waals surface area contributed by atoms with Crippen LogP contribution < -0.4 is 0 Å². The van der Waals surface area contributed by atoms with E-state index in [9.17, 15) is 22.0 Å². The molecule has 0 N–H and O–H groups in total. The highest BCUT2D eigenvalue weighted by atomic mass is 19.4. The van der Waals surface area contributed by atoms with Crippen LogP contribution in [-0.2, 0) is 0 Å². The van der Waals surface area contributed by atoms with Crippen molar-refractivity contribution in [3.05, 3.63) is 0 Å². The van der Waals surface area contributed by atoms with Crippen LogP contribution in [0.3, 0.4) is 0 Å². The quantitative estimate of drug-likeness (QED) is 0.642. The first-order valence-electron chi connectivity index (χ1n) is 4.32. The molecule has 1 atom stereocenters. The zero-order valence-electron chi connectivity index (χ0n) is 7.91. The van der Waals surface area contributed by atoms with E-state index in [2.05, 4.69) is 0 Å². The lowest BCUT2D eigenvalue weighted by Crippen LogP contribution is -2.64. The van der Waals surface area contributed by atoms with Gasteiger partial charge >= 0.3 is 6.18 Å². The van der Waals surface area contributed by atoms with Gasteiger partial charge in [-0.15, -0.1) is 0 Å². The molecule has 1 nitrogen and oxygen atoms in total. The summed E-state index contributed by atoms with van der Waals surface area (Å²) in [6.45, 7) is 1.20. The number of hydrogen-bond donors (Lipinski definition) is 0. The van der Waals surface area contributed by atoms with E-state index in [1.54, 1.807) is 0 Å². The van der Waals surface area contributed by atoms with E-state index in [0.29, 0.717) is 0 Å². The summed E-state index contributed by atoms with van der Waals surface area (Å²) in [5.41, 5.74) is 0. The van der Waals surface area contributed by atoms with Crippen molar-refractivity contribution in [3.8, 4) is 0 Å². The van der Waals surface area contributed by atoms with Gasteiger partial charge in [-0.1, -0.05) is 13.8 Å². The van der Waals surface area contributed by atoms with Crippen molar-refractivity contribution in [3.63, 3.8) is 0 Å². The minimum absolute atomic E-state index is 0.703. The minimum Gasteiger partial charge on any atom is -0.280 e. The van der Waals surface area contributed by atoms with Crippen molar-refractivity contribution in [2.75, 3.05) is 13.1 Å². The van der Waals surface area contributed by atoms with Gasteiger partial charge in [-0.25, -0.2) is 8.78 Å². The molecule has 0 saturated carbocycles. The van der Waals surface area contributed by atoms with Gasteiger partial charge in [0.05, 0.1) is 13.1 Å². The van der Waals surface area contributed by atoms with E-state index in [-0.39, 0.29) is 0 Å². The molecule has 0 radical (unpaired) electrons.